The summed E-state index contributed by atoms with van der Waals surface area (Å²) in [5, 5.41) is 13.1. The summed E-state index contributed by atoms with van der Waals surface area (Å²) in [6.07, 6.45) is 0.920. The summed E-state index contributed by atoms with van der Waals surface area (Å²) in [6.45, 7) is 2.88. The normalized spacial score (nSPS) is 18.4. The van der Waals surface area contributed by atoms with E-state index in [9.17, 15) is 9.90 Å². The third kappa shape index (κ3) is 2.77. The summed E-state index contributed by atoms with van der Waals surface area (Å²) in [7, 11) is 0. The van der Waals surface area contributed by atoms with E-state index in [2.05, 4.69) is 0 Å². The van der Waals surface area contributed by atoms with E-state index in [0.29, 0.717) is 13.0 Å². The molecular formula is C13H18N2O2. The first kappa shape index (κ1) is 11.9. The Kier molecular flexibility index (Phi) is 3.64. The number of hydrogen-bond acceptors (Lipinski definition) is 3. The van der Waals surface area contributed by atoms with Gasteiger partial charge in [0.15, 0.2) is 0 Å². The Hall–Kier alpha value is -1.55. The zero-order chi connectivity index (χ0) is 12.3. The number of nitrogens with zero attached hydrogens (tertiary/aromatic N) is 2. The van der Waals surface area contributed by atoms with Crippen LogP contribution in [0.2, 0.25) is 0 Å². The summed E-state index contributed by atoms with van der Waals surface area (Å²) in [6, 6.07) is 9.82. The second-order valence-electron chi connectivity index (χ2n) is 4.39. The summed E-state index contributed by atoms with van der Waals surface area (Å²) >= 11 is 0. The lowest BCUT2D eigenvalue weighted by molar-refractivity contribution is -0.135. The third-order valence-electron chi connectivity index (χ3n) is 2.83. The monoisotopic (exact) mass is 234 g/mol. The van der Waals surface area contributed by atoms with Crippen LogP contribution >= 0.6 is 0 Å². The molecule has 17 heavy (non-hydrogen) atoms. The topological polar surface area (TPSA) is 43.8 Å². The molecule has 92 valence electrons. The van der Waals surface area contributed by atoms with Crippen molar-refractivity contribution in [3.63, 3.8) is 0 Å². The number of aliphatic hydroxyl groups excluding tert-OH is 1. The van der Waals surface area contributed by atoms with Crippen molar-refractivity contribution in [2.75, 3.05) is 18.1 Å². The van der Waals surface area contributed by atoms with Crippen molar-refractivity contribution in [2.24, 2.45) is 0 Å². The molecular weight excluding hydrogens is 216 g/mol. The van der Waals surface area contributed by atoms with Gasteiger partial charge in [0.25, 0.3) is 0 Å². The number of aliphatic hydroxyl groups is 1. The summed E-state index contributed by atoms with van der Waals surface area (Å²) in [5.74, 6) is 0.0843. The van der Waals surface area contributed by atoms with Gasteiger partial charge in [-0.05, 0) is 25.5 Å². The van der Waals surface area contributed by atoms with Crippen molar-refractivity contribution in [2.45, 2.75) is 25.9 Å². The first-order valence-corrected chi connectivity index (χ1v) is 5.99. The van der Waals surface area contributed by atoms with Crippen LogP contribution in [0.4, 0.5) is 5.69 Å². The van der Waals surface area contributed by atoms with Crippen LogP contribution in [-0.4, -0.2) is 35.2 Å². The van der Waals surface area contributed by atoms with Gasteiger partial charge < -0.3 is 5.11 Å². The standard InChI is InChI=1S/C13H18N2O2/c1-11(16)10-15-13(17)8-5-9-14(15)12-6-3-2-4-7-12/h2-4,6-7,11,16H,5,8-10H2,1H3. The Bertz CT molecular complexity index is 378. The van der Waals surface area contributed by atoms with Crippen LogP contribution in [0.5, 0.6) is 0 Å². The Morgan fingerprint density at radius 2 is 2.06 bits per heavy atom. The molecule has 0 radical (unpaired) electrons. The van der Waals surface area contributed by atoms with Crippen LogP contribution in [0.1, 0.15) is 19.8 Å². The Morgan fingerprint density at radius 1 is 1.35 bits per heavy atom. The van der Waals surface area contributed by atoms with Crippen LogP contribution < -0.4 is 5.01 Å². The molecule has 0 aromatic heterocycles. The lowest BCUT2D eigenvalue weighted by atomic mass is 10.2. The predicted octanol–water partition coefficient (Wildman–Crippen LogP) is 1.41. The van der Waals surface area contributed by atoms with Crippen LogP contribution in [0, 0.1) is 0 Å². The van der Waals surface area contributed by atoms with Crippen molar-refractivity contribution in [3.8, 4) is 0 Å². The first-order chi connectivity index (χ1) is 8.18. The molecule has 0 spiro atoms. The smallest absolute Gasteiger partial charge is 0.241 e. The van der Waals surface area contributed by atoms with Crippen LogP contribution in [0.25, 0.3) is 0 Å². The Labute approximate surface area is 101 Å². The highest BCUT2D eigenvalue weighted by Gasteiger charge is 2.26. The second-order valence-corrected chi connectivity index (χ2v) is 4.39. The van der Waals surface area contributed by atoms with Gasteiger partial charge in [-0.2, -0.15) is 0 Å². The highest BCUT2D eigenvalue weighted by Crippen LogP contribution is 2.21. The largest absolute Gasteiger partial charge is 0.391 e. The van der Waals surface area contributed by atoms with E-state index in [-0.39, 0.29) is 5.91 Å². The molecule has 1 aromatic carbocycles. The number of anilines is 1. The lowest BCUT2D eigenvalue weighted by Crippen LogP contribution is -2.53. The van der Waals surface area contributed by atoms with Gasteiger partial charge in [-0.25, -0.2) is 0 Å². The number of hydrazine groups is 1. The fourth-order valence-electron chi connectivity index (χ4n) is 2.08. The zero-order valence-electron chi connectivity index (χ0n) is 10.0. The van der Waals surface area contributed by atoms with Gasteiger partial charge in [-0.15, -0.1) is 0 Å². The number of amides is 1. The highest BCUT2D eigenvalue weighted by molar-refractivity contribution is 5.79. The fourth-order valence-corrected chi connectivity index (χ4v) is 2.08. The summed E-state index contributed by atoms with van der Waals surface area (Å²) < 4.78 is 0. The van der Waals surface area contributed by atoms with E-state index in [1.165, 1.54) is 0 Å². The van der Waals surface area contributed by atoms with Gasteiger partial charge in [-0.1, -0.05) is 18.2 Å². The molecule has 1 aromatic rings. The van der Waals surface area contributed by atoms with Crippen molar-refractivity contribution >= 4 is 11.6 Å². The molecule has 4 nitrogen and oxygen atoms in total. The molecule has 4 heteroatoms. The molecule has 0 bridgehead atoms. The first-order valence-electron chi connectivity index (χ1n) is 5.99. The van der Waals surface area contributed by atoms with E-state index in [0.717, 1.165) is 18.7 Å². The molecule has 1 heterocycles. The van der Waals surface area contributed by atoms with E-state index >= 15 is 0 Å². The van der Waals surface area contributed by atoms with Crippen molar-refractivity contribution in [1.29, 1.82) is 0 Å². The van der Waals surface area contributed by atoms with Gasteiger partial charge in [0.2, 0.25) is 5.91 Å². The quantitative estimate of drug-likeness (QED) is 0.860. The van der Waals surface area contributed by atoms with Gasteiger partial charge in [0, 0.05) is 13.0 Å². The maximum Gasteiger partial charge on any atom is 0.241 e. The molecule has 0 saturated carbocycles. The molecule has 1 N–H and O–H groups in total. The molecule has 1 aliphatic rings. The van der Waals surface area contributed by atoms with Gasteiger partial charge in [0.1, 0.15) is 0 Å². The number of benzene rings is 1. The minimum atomic E-state index is -0.511. The van der Waals surface area contributed by atoms with Crippen molar-refractivity contribution in [3.05, 3.63) is 30.3 Å². The molecule has 1 atom stereocenters. The highest BCUT2D eigenvalue weighted by atomic mass is 16.3. The zero-order valence-corrected chi connectivity index (χ0v) is 10.0. The molecule has 1 fully saturated rings. The number of β-amino-alcohol motifs (C(OH)–C–C–N with tert-alkyl or cyclic N) is 1. The Balaban J connectivity index is 2.20. The van der Waals surface area contributed by atoms with Crippen molar-refractivity contribution < 1.29 is 9.90 Å². The van der Waals surface area contributed by atoms with Crippen LogP contribution in [-0.2, 0) is 4.79 Å². The van der Waals surface area contributed by atoms with Crippen LogP contribution in [0.15, 0.2) is 30.3 Å². The minimum Gasteiger partial charge on any atom is -0.391 e. The minimum absolute atomic E-state index is 0.0843. The number of para-hydroxylation sites is 1. The second kappa shape index (κ2) is 5.19. The Morgan fingerprint density at radius 3 is 2.71 bits per heavy atom. The molecule has 1 unspecified atom stereocenters. The predicted molar refractivity (Wildman–Crippen MR) is 66.4 cm³/mol. The van der Waals surface area contributed by atoms with E-state index in [1.54, 1.807) is 11.9 Å². The molecule has 2 rings (SSSR count). The van der Waals surface area contributed by atoms with Crippen LogP contribution in [0.3, 0.4) is 0 Å². The SMILES string of the molecule is CC(O)CN1C(=O)CCCN1c1ccccc1. The molecule has 1 saturated heterocycles. The van der Waals surface area contributed by atoms with E-state index < -0.39 is 6.10 Å². The molecule has 0 aliphatic carbocycles. The molecule has 1 amide bonds. The maximum absolute atomic E-state index is 11.9. The third-order valence-corrected chi connectivity index (χ3v) is 2.83. The summed E-state index contributed by atoms with van der Waals surface area (Å²) in [5.41, 5.74) is 1.00. The lowest BCUT2D eigenvalue weighted by Gasteiger charge is -2.40. The van der Waals surface area contributed by atoms with Gasteiger partial charge in [0.05, 0.1) is 18.3 Å². The van der Waals surface area contributed by atoms with Gasteiger partial charge >= 0.3 is 0 Å². The number of rotatable bonds is 3. The number of carbonyl (C=O) groups is 1. The average Bonchev–Trinajstić information content (AvgIpc) is 2.32. The van der Waals surface area contributed by atoms with Crippen molar-refractivity contribution in [1.82, 2.24) is 5.01 Å². The number of carbonyl (C=O) groups excluding carboxylic acids is 1. The molecule has 1 aliphatic heterocycles. The fraction of sp³-hybridized carbons (Fsp3) is 0.462. The summed E-state index contributed by atoms with van der Waals surface area (Å²) in [4.78, 5) is 11.9. The number of hydrogen-bond donors (Lipinski definition) is 1. The van der Waals surface area contributed by atoms with E-state index in [4.69, 9.17) is 0 Å². The average molecular weight is 234 g/mol. The van der Waals surface area contributed by atoms with E-state index in [1.807, 2.05) is 35.3 Å². The maximum atomic E-state index is 11.9. The van der Waals surface area contributed by atoms with Gasteiger partial charge in [-0.3, -0.25) is 14.8 Å².